The van der Waals surface area contributed by atoms with Crippen LogP contribution in [0.2, 0.25) is 0 Å². The predicted molar refractivity (Wildman–Crippen MR) is 72.2 cm³/mol. The molecule has 0 aliphatic rings. The van der Waals surface area contributed by atoms with Gasteiger partial charge in [-0.25, -0.2) is 0 Å². The van der Waals surface area contributed by atoms with Crippen LogP contribution in [-0.2, 0) is 24.8 Å². The highest BCUT2D eigenvalue weighted by Gasteiger charge is 2.09. The lowest BCUT2D eigenvalue weighted by molar-refractivity contribution is -0.129. The van der Waals surface area contributed by atoms with Crippen LogP contribution in [0.15, 0.2) is 6.07 Å². The summed E-state index contributed by atoms with van der Waals surface area (Å²) < 4.78 is 1.87. The summed E-state index contributed by atoms with van der Waals surface area (Å²) in [6, 6.07) is 2.08. The third kappa shape index (κ3) is 3.84. The number of carbonyl (C=O) groups is 1. The predicted octanol–water partition coefficient (Wildman–Crippen LogP) is 0.940. The van der Waals surface area contributed by atoms with E-state index in [1.807, 2.05) is 30.5 Å². The Hall–Kier alpha value is -1.36. The summed E-state index contributed by atoms with van der Waals surface area (Å²) in [6.45, 7) is 8.67. The molecule has 0 saturated heterocycles. The van der Waals surface area contributed by atoms with Crippen LogP contribution in [0.25, 0.3) is 0 Å². The number of rotatable bonds is 7. The molecule has 0 aliphatic carbocycles. The Morgan fingerprint density at radius 3 is 2.56 bits per heavy atom. The molecule has 1 rings (SSSR count). The van der Waals surface area contributed by atoms with Crippen molar-refractivity contribution in [2.75, 3.05) is 19.6 Å². The Morgan fingerprint density at radius 1 is 1.39 bits per heavy atom. The van der Waals surface area contributed by atoms with Crippen LogP contribution in [0.1, 0.15) is 32.2 Å². The topological polar surface area (TPSA) is 50.2 Å². The van der Waals surface area contributed by atoms with Gasteiger partial charge in [0.2, 0.25) is 5.91 Å². The number of nitrogens with zero attached hydrogens (tertiary/aromatic N) is 3. The average molecular weight is 252 g/mol. The standard InChI is InChI=1S/C13H24N4O/c1-5-11-8-12(16(4)15-11)9-14-10-13(18)17(6-2)7-3/h8,14H,5-7,9-10H2,1-4H3. The quantitative estimate of drug-likeness (QED) is 0.786. The molecule has 0 bridgehead atoms. The largest absolute Gasteiger partial charge is 0.342 e. The molecule has 18 heavy (non-hydrogen) atoms. The molecule has 1 aromatic heterocycles. The maximum atomic E-state index is 11.8. The summed E-state index contributed by atoms with van der Waals surface area (Å²) in [7, 11) is 1.93. The maximum Gasteiger partial charge on any atom is 0.236 e. The molecule has 0 saturated carbocycles. The number of hydrogen-bond donors (Lipinski definition) is 1. The van der Waals surface area contributed by atoms with E-state index in [9.17, 15) is 4.79 Å². The van der Waals surface area contributed by atoms with Crippen LogP contribution >= 0.6 is 0 Å². The van der Waals surface area contributed by atoms with Crippen LogP contribution in [-0.4, -0.2) is 40.2 Å². The van der Waals surface area contributed by atoms with E-state index in [1.165, 1.54) is 0 Å². The number of nitrogens with one attached hydrogen (secondary N) is 1. The molecule has 0 unspecified atom stereocenters. The van der Waals surface area contributed by atoms with Crippen molar-refractivity contribution in [1.29, 1.82) is 0 Å². The Kier molecular flexibility index (Phi) is 5.85. The van der Waals surface area contributed by atoms with Crippen molar-refractivity contribution in [2.24, 2.45) is 7.05 Å². The molecule has 1 N–H and O–H groups in total. The third-order valence-electron chi connectivity index (χ3n) is 3.09. The molecule has 1 amide bonds. The molecular formula is C13H24N4O. The van der Waals surface area contributed by atoms with E-state index in [0.29, 0.717) is 13.1 Å². The number of amides is 1. The third-order valence-corrected chi connectivity index (χ3v) is 3.09. The minimum absolute atomic E-state index is 0.151. The van der Waals surface area contributed by atoms with Crippen molar-refractivity contribution < 1.29 is 4.79 Å². The van der Waals surface area contributed by atoms with E-state index < -0.39 is 0 Å². The van der Waals surface area contributed by atoms with Crippen molar-refractivity contribution in [3.05, 3.63) is 17.5 Å². The second-order valence-electron chi connectivity index (χ2n) is 4.27. The highest BCUT2D eigenvalue weighted by molar-refractivity contribution is 5.78. The number of hydrogen-bond acceptors (Lipinski definition) is 3. The number of carbonyl (C=O) groups excluding carboxylic acids is 1. The van der Waals surface area contributed by atoms with Gasteiger partial charge in [0.1, 0.15) is 0 Å². The summed E-state index contributed by atoms with van der Waals surface area (Å²) in [4.78, 5) is 13.6. The fraction of sp³-hybridized carbons (Fsp3) is 0.692. The molecule has 0 spiro atoms. The van der Waals surface area contributed by atoms with Gasteiger partial charge in [-0.3, -0.25) is 9.48 Å². The van der Waals surface area contributed by atoms with Gasteiger partial charge in [0.25, 0.3) is 0 Å². The van der Waals surface area contributed by atoms with E-state index in [-0.39, 0.29) is 5.91 Å². The van der Waals surface area contributed by atoms with E-state index in [0.717, 1.165) is 30.9 Å². The maximum absolute atomic E-state index is 11.8. The first-order valence-electron chi connectivity index (χ1n) is 6.62. The first-order valence-corrected chi connectivity index (χ1v) is 6.62. The van der Waals surface area contributed by atoms with Gasteiger partial charge >= 0.3 is 0 Å². The van der Waals surface area contributed by atoms with E-state index in [1.54, 1.807) is 0 Å². The molecule has 5 heteroatoms. The van der Waals surface area contributed by atoms with Crippen LogP contribution < -0.4 is 5.32 Å². The average Bonchev–Trinajstić information content (AvgIpc) is 2.72. The monoisotopic (exact) mass is 252 g/mol. The Labute approximate surface area is 109 Å². The van der Waals surface area contributed by atoms with Gasteiger partial charge in [-0.05, 0) is 26.3 Å². The van der Waals surface area contributed by atoms with Gasteiger partial charge in [0.05, 0.1) is 17.9 Å². The van der Waals surface area contributed by atoms with Crippen molar-refractivity contribution in [1.82, 2.24) is 20.0 Å². The van der Waals surface area contributed by atoms with Crippen LogP contribution in [0, 0.1) is 0 Å². The highest BCUT2D eigenvalue weighted by atomic mass is 16.2. The van der Waals surface area contributed by atoms with E-state index in [4.69, 9.17) is 0 Å². The van der Waals surface area contributed by atoms with Gasteiger partial charge in [-0.2, -0.15) is 5.10 Å². The Balaban J connectivity index is 2.41. The van der Waals surface area contributed by atoms with Crippen molar-refractivity contribution in [2.45, 2.75) is 33.7 Å². The van der Waals surface area contributed by atoms with E-state index >= 15 is 0 Å². The lowest BCUT2D eigenvalue weighted by Crippen LogP contribution is -2.37. The van der Waals surface area contributed by atoms with Gasteiger partial charge in [-0.15, -0.1) is 0 Å². The van der Waals surface area contributed by atoms with E-state index in [2.05, 4.69) is 23.4 Å². The minimum Gasteiger partial charge on any atom is -0.342 e. The highest BCUT2D eigenvalue weighted by Crippen LogP contribution is 2.03. The summed E-state index contributed by atoms with van der Waals surface area (Å²) in [5, 5.41) is 7.55. The van der Waals surface area contributed by atoms with Crippen LogP contribution in [0.3, 0.4) is 0 Å². The molecule has 0 aromatic carbocycles. The number of aromatic nitrogens is 2. The molecule has 102 valence electrons. The molecule has 5 nitrogen and oxygen atoms in total. The van der Waals surface area contributed by atoms with Crippen LogP contribution in [0.5, 0.6) is 0 Å². The van der Waals surface area contributed by atoms with Crippen molar-refractivity contribution >= 4 is 5.91 Å². The molecular weight excluding hydrogens is 228 g/mol. The second-order valence-corrected chi connectivity index (χ2v) is 4.27. The fourth-order valence-electron chi connectivity index (χ4n) is 1.90. The zero-order valence-corrected chi connectivity index (χ0v) is 11.9. The summed E-state index contributed by atoms with van der Waals surface area (Å²) in [5.74, 6) is 0.151. The normalized spacial score (nSPS) is 10.7. The smallest absolute Gasteiger partial charge is 0.236 e. The van der Waals surface area contributed by atoms with Gasteiger partial charge < -0.3 is 10.2 Å². The van der Waals surface area contributed by atoms with Gasteiger partial charge in [-0.1, -0.05) is 6.92 Å². The molecule has 0 aliphatic heterocycles. The molecule has 0 fully saturated rings. The minimum atomic E-state index is 0.151. The van der Waals surface area contributed by atoms with Crippen molar-refractivity contribution in [3.63, 3.8) is 0 Å². The first-order chi connectivity index (χ1) is 8.62. The molecule has 1 aromatic rings. The molecule has 0 atom stereocenters. The zero-order valence-electron chi connectivity index (χ0n) is 11.9. The van der Waals surface area contributed by atoms with Gasteiger partial charge in [0, 0.05) is 26.7 Å². The summed E-state index contributed by atoms with van der Waals surface area (Å²) in [6.07, 6.45) is 0.937. The Bertz CT molecular complexity index is 382. The van der Waals surface area contributed by atoms with Gasteiger partial charge in [0.15, 0.2) is 0 Å². The number of aryl methyl sites for hydroxylation is 2. The first kappa shape index (κ1) is 14.7. The van der Waals surface area contributed by atoms with Crippen molar-refractivity contribution in [3.8, 4) is 0 Å². The zero-order chi connectivity index (χ0) is 13.5. The molecule has 1 heterocycles. The summed E-state index contributed by atoms with van der Waals surface area (Å²) >= 11 is 0. The Morgan fingerprint density at radius 2 is 2.06 bits per heavy atom. The second kappa shape index (κ2) is 7.16. The van der Waals surface area contributed by atoms with Crippen LogP contribution in [0.4, 0.5) is 0 Å². The SMILES string of the molecule is CCc1cc(CNCC(=O)N(CC)CC)n(C)n1. The number of likely N-dealkylation sites (N-methyl/N-ethyl adjacent to an activating group) is 1. The molecule has 0 radical (unpaired) electrons. The fourth-order valence-corrected chi connectivity index (χ4v) is 1.90. The lowest BCUT2D eigenvalue weighted by Gasteiger charge is -2.18. The summed E-state index contributed by atoms with van der Waals surface area (Å²) in [5.41, 5.74) is 2.20. The lowest BCUT2D eigenvalue weighted by atomic mass is 10.3.